The van der Waals surface area contributed by atoms with Gasteiger partial charge in [0.15, 0.2) is 0 Å². The van der Waals surface area contributed by atoms with Crippen LogP contribution in [0.25, 0.3) is 0 Å². The van der Waals surface area contributed by atoms with E-state index < -0.39 is 12.0 Å². The monoisotopic (exact) mass is 231 g/mol. The van der Waals surface area contributed by atoms with Crippen LogP contribution in [0.1, 0.15) is 5.56 Å². The lowest BCUT2D eigenvalue weighted by Gasteiger charge is -2.13. The average molecular weight is 231 g/mol. The van der Waals surface area contributed by atoms with Crippen LogP contribution < -0.4 is 5.32 Å². The molecule has 88 valence electrons. The minimum absolute atomic E-state index is 0.414. The molecule has 0 unspecified atom stereocenters. The second kappa shape index (κ2) is 5.16. The molecule has 1 aromatic carbocycles. The van der Waals surface area contributed by atoms with Gasteiger partial charge in [-0.3, -0.25) is 0 Å². The number of nitrogens with zero attached hydrogens (tertiary/aromatic N) is 1. The molecule has 0 aliphatic rings. The van der Waals surface area contributed by atoms with Crippen molar-refractivity contribution in [2.45, 2.75) is 12.5 Å². The highest BCUT2D eigenvalue weighted by atomic mass is 16.4. The zero-order valence-corrected chi connectivity index (χ0v) is 9.13. The highest BCUT2D eigenvalue weighted by Crippen LogP contribution is 2.07. The van der Waals surface area contributed by atoms with Crippen molar-refractivity contribution >= 4 is 11.9 Å². The second-order valence-corrected chi connectivity index (χ2v) is 3.66. The van der Waals surface area contributed by atoms with Crippen LogP contribution in [0.15, 0.2) is 42.7 Å². The van der Waals surface area contributed by atoms with Crippen LogP contribution in [0.3, 0.4) is 0 Å². The number of aromatic nitrogens is 2. The summed E-state index contributed by atoms with van der Waals surface area (Å²) in [6, 6.07) is 8.80. The summed E-state index contributed by atoms with van der Waals surface area (Å²) in [4.78, 5) is 17.9. The van der Waals surface area contributed by atoms with Gasteiger partial charge in [-0.25, -0.2) is 9.78 Å². The van der Waals surface area contributed by atoms with E-state index in [0.29, 0.717) is 12.4 Å². The van der Waals surface area contributed by atoms with E-state index in [9.17, 15) is 4.79 Å². The first-order valence-corrected chi connectivity index (χ1v) is 5.28. The largest absolute Gasteiger partial charge is 0.480 e. The first-order valence-electron chi connectivity index (χ1n) is 5.28. The van der Waals surface area contributed by atoms with Gasteiger partial charge in [-0.1, -0.05) is 30.3 Å². The first-order chi connectivity index (χ1) is 8.25. The first kappa shape index (κ1) is 11.2. The van der Waals surface area contributed by atoms with Gasteiger partial charge in [0.2, 0.25) is 5.95 Å². The van der Waals surface area contributed by atoms with Gasteiger partial charge in [0, 0.05) is 18.8 Å². The van der Waals surface area contributed by atoms with E-state index in [1.54, 1.807) is 12.4 Å². The van der Waals surface area contributed by atoms with Crippen LogP contribution >= 0.6 is 0 Å². The van der Waals surface area contributed by atoms with E-state index in [4.69, 9.17) is 5.11 Å². The molecule has 0 aliphatic carbocycles. The second-order valence-electron chi connectivity index (χ2n) is 3.66. The fourth-order valence-corrected chi connectivity index (χ4v) is 1.56. The van der Waals surface area contributed by atoms with E-state index in [1.165, 1.54) is 0 Å². The van der Waals surface area contributed by atoms with Gasteiger partial charge in [0.1, 0.15) is 6.04 Å². The predicted molar refractivity (Wildman–Crippen MR) is 63.8 cm³/mol. The van der Waals surface area contributed by atoms with E-state index in [2.05, 4.69) is 15.3 Å². The number of imidazole rings is 1. The highest BCUT2D eigenvalue weighted by molar-refractivity contribution is 5.76. The molecule has 0 saturated carbocycles. The Bertz CT molecular complexity index is 468. The Hall–Kier alpha value is -2.30. The van der Waals surface area contributed by atoms with Crippen molar-refractivity contribution in [2.24, 2.45) is 0 Å². The van der Waals surface area contributed by atoms with Crippen molar-refractivity contribution < 1.29 is 9.90 Å². The Kier molecular flexibility index (Phi) is 3.40. The molecule has 0 saturated heterocycles. The predicted octanol–water partition coefficient (Wildman–Crippen LogP) is 1.52. The molecule has 0 amide bonds. The SMILES string of the molecule is O=C(O)[C@H](Cc1ccccc1)Nc1ncc[nH]1. The molecule has 0 bridgehead atoms. The summed E-state index contributed by atoms with van der Waals surface area (Å²) in [5.74, 6) is -0.432. The average Bonchev–Trinajstić information content (AvgIpc) is 2.82. The minimum Gasteiger partial charge on any atom is -0.480 e. The molecule has 1 heterocycles. The standard InChI is InChI=1S/C12H13N3O2/c16-11(17)10(15-12-13-6-7-14-12)8-9-4-2-1-3-5-9/h1-7,10H,8H2,(H,16,17)(H2,13,14,15)/t10-/m0/s1. The molecule has 3 N–H and O–H groups in total. The molecule has 2 rings (SSSR count). The smallest absolute Gasteiger partial charge is 0.326 e. The van der Waals surface area contributed by atoms with E-state index >= 15 is 0 Å². The number of hydrogen-bond acceptors (Lipinski definition) is 3. The number of hydrogen-bond donors (Lipinski definition) is 3. The molecular weight excluding hydrogens is 218 g/mol. The topological polar surface area (TPSA) is 78.0 Å². The summed E-state index contributed by atoms with van der Waals surface area (Å²) in [7, 11) is 0. The fourth-order valence-electron chi connectivity index (χ4n) is 1.56. The number of benzene rings is 1. The van der Waals surface area contributed by atoms with Gasteiger partial charge in [0.05, 0.1) is 0 Å². The number of nitrogens with one attached hydrogen (secondary N) is 2. The number of H-pyrrole nitrogens is 1. The Labute approximate surface area is 98.5 Å². The Morgan fingerprint density at radius 2 is 2.18 bits per heavy atom. The zero-order chi connectivity index (χ0) is 12.1. The van der Waals surface area contributed by atoms with Crippen LogP contribution in [-0.2, 0) is 11.2 Å². The van der Waals surface area contributed by atoms with Crippen molar-refractivity contribution in [2.75, 3.05) is 5.32 Å². The molecule has 5 heteroatoms. The molecule has 0 fully saturated rings. The summed E-state index contributed by atoms with van der Waals surface area (Å²) in [6.07, 6.45) is 3.63. The summed E-state index contributed by atoms with van der Waals surface area (Å²) < 4.78 is 0. The van der Waals surface area contributed by atoms with E-state index in [1.807, 2.05) is 30.3 Å². The van der Waals surface area contributed by atoms with Crippen LogP contribution in [0, 0.1) is 0 Å². The van der Waals surface area contributed by atoms with Gasteiger partial charge >= 0.3 is 5.97 Å². The minimum atomic E-state index is -0.898. The molecule has 1 atom stereocenters. The van der Waals surface area contributed by atoms with Crippen molar-refractivity contribution in [3.05, 3.63) is 48.3 Å². The number of carboxylic acid groups (broad SMARTS) is 1. The quantitative estimate of drug-likeness (QED) is 0.729. The van der Waals surface area contributed by atoms with Crippen LogP contribution in [-0.4, -0.2) is 27.1 Å². The van der Waals surface area contributed by atoms with Crippen LogP contribution in [0.5, 0.6) is 0 Å². The summed E-state index contributed by atoms with van der Waals surface area (Å²) in [5.41, 5.74) is 0.971. The maximum atomic E-state index is 11.1. The normalized spacial score (nSPS) is 12.0. The van der Waals surface area contributed by atoms with Crippen molar-refractivity contribution in [3.63, 3.8) is 0 Å². The van der Waals surface area contributed by atoms with Crippen LogP contribution in [0.4, 0.5) is 5.95 Å². The number of anilines is 1. The van der Waals surface area contributed by atoms with Crippen molar-refractivity contribution in [1.29, 1.82) is 0 Å². The molecule has 2 aromatic rings. The molecular formula is C12H13N3O2. The van der Waals surface area contributed by atoms with Crippen LogP contribution in [0.2, 0.25) is 0 Å². The fraction of sp³-hybridized carbons (Fsp3) is 0.167. The third-order valence-corrected chi connectivity index (χ3v) is 2.39. The number of carbonyl (C=O) groups is 1. The molecule has 1 aromatic heterocycles. The Morgan fingerprint density at radius 3 is 2.76 bits per heavy atom. The maximum Gasteiger partial charge on any atom is 0.326 e. The summed E-state index contributed by atoms with van der Waals surface area (Å²) in [6.45, 7) is 0. The van der Waals surface area contributed by atoms with Gasteiger partial charge < -0.3 is 15.4 Å². The van der Waals surface area contributed by atoms with E-state index in [0.717, 1.165) is 5.56 Å². The van der Waals surface area contributed by atoms with Gasteiger partial charge in [0.25, 0.3) is 0 Å². The highest BCUT2D eigenvalue weighted by Gasteiger charge is 2.18. The molecule has 0 aliphatic heterocycles. The number of aliphatic carboxylic acids is 1. The van der Waals surface area contributed by atoms with Crippen molar-refractivity contribution in [3.8, 4) is 0 Å². The van der Waals surface area contributed by atoms with Gasteiger partial charge in [-0.05, 0) is 5.56 Å². The third kappa shape index (κ3) is 3.07. The molecule has 5 nitrogen and oxygen atoms in total. The lowest BCUT2D eigenvalue weighted by atomic mass is 10.1. The molecule has 0 radical (unpaired) electrons. The van der Waals surface area contributed by atoms with Gasteiger partial charge in [-0.2, -0.15) is 0 Å². The van der Waals surface area contributed by atoms with Gasteiger partial charge in [-0.15, -0.1) is 0 Å². The summed E-state index contributed by atoms with van der Waals surface area (Å²) in [5, 5.41) is 12.0. The Morgan fingerprint density at radius 1 is 1.41 bits per heavy atom. The lowest BCUT2D eigenvalue weighted by Crippen LogP contribution is -2.31. The Balaban J connectivity index is 2.06. The number of rotatable bonds is 5. The maximum absolute atomic E-state index is 11.1. The summed E-state index contributed by atoms with van der Waals surface area (Å²) >= 11 is 0. The number of carboxylic acids is 1. The molecule has 0 spiro atoms. The third-order valence-electron chi connectivity index (χ3n) is 2.39. The zero-order valence-electron chi connectivity index (χ0n) is 9.13. The number of aromatic amines is 1. The van der Waals surface area contributed by atoms with Crippen molar-refractivity contribution in [1.82, 2.24) is 9.97 Å². The van der Waals surface area contributed by atoms with E-state index in [-0.39, 0.29) is 0 Å². The molecule has 17 heavy (non-hydrogen) atoms. The lowest BCUT2D eigenvalue weighted by molar-refractivity contribution is -0.137.